The van der Waals surface area contributed by atoms with Crippen LogP contribution < -0.4 is 4.74 Å². The van der Waals surface area contributed by atoms with Crippen LogP contribution in [0.1, 0.15) is 5.56 Å². The number of hydrogen-bond acceptors (Lipinski definition) is 3. The van der Waals surface area contributed by atoms with Crippen molar-refractivity contribution in [1.29, 1.82) is 0 Å². The molecule has 0 unspecified atom stereocenters. The molecule has 0 aromatic heterocycles. The van der Waals surface area contributed by atoms with Crippen LogP contribution in [0.3, 0.4) is 0 Å². The molecule has 0 amide bonds. The average molecular weight is 450 g/mol. The fourth-order valence-corrected chi connectivity index (χ4v) is 1.35. The number of rotatable bonds is 2. The van der Waals surface area contributed by atoms with Gasteiger partial charge in [0.1, 0.15) is 0 Å². The summed E-state index contributed by atoms with van der Waals surface area (Å²) in [4.78, 5) is 0. The third-order valence-corrected chi connectivity index (χ3v) is 2.16. The van der Waals surface area contributed by atoms with Gasteiger partial charge in [-0.2, -0.15) is 0 Å². The third-order valence-electron chi connectivity index (χ3n) is 1.86. The molecule has 1 aromatic rings. The van der Waals surface area contributed by atoms with Crippen molar-refractivity contribution in [1.82, 2.24) is 4.31 Å². The van der Waals surface area contributed by atoms with E-state index in [1.54, 1.807) is 0 Å². The minimum absolute atomic E-state index is 0. The van der Waals surface area contributed by atoms with Crippen molar-refractivity contribution in [2.45, 2.75) is 6.36 Å². The molecular formula is C9H6F4N2OSW. The fourth-order valence-electron chi connectivity index (χ4n) is 1.15. The van der Waals surface area contributed by atoms with Crippen molar-refractivity contribution in [2.75, 3.05) is 0 Å². The van der Waals surface area contributed by atoms with E-state index in [2.05, 4.69) is 4.74 Å². The number of benzene rings is 1. The molecule has 98 valence electrons. The molecule has 0 saturated carbocycles. The summed E-state index contributed by atoms with van der Waals surface area (Å²) in [6.45, 7) is 0. The number of ether oxygens (including phenoxy) is 1. The Bertz CT molecular complexity index is 466. The summed E-state index contributed by atoms with van der Waals surface area (Å²) in [7, 11) is 0. The van der Waals surface area contributed by atoms with Gasteiger partial charge in [0.2, 0.25) is 0 Å². The maximum absolute atomic E-state index is 13.0. The fraction of sp³-hybridized carbons (Fsp3) is 0.111. The smallest absolute Gasteiger partial charge is 0.693 e. The Labute approximate surface area is 120 Å². The second kappa shape index (κ2) is 5.95. The molecule has 1 aliphatic heterocycles. The van der Waals surface area contributed by atoms with E-state index in [-0.39, 0.29) is 27.2 Å². The van der Waals surface area contributed by atoms with E-state index in [0.29, 0.717) is 11.3 Å². The van der Waals surface area contributed by atoms with Gasteiger partial charge in [0, 0.05) is 17.5 Å². The zero-order valence-electron chi connectivity index (χ0n) is 8.57. The first-order valence-corrected chi connectivity index (χ1v) is 4.47. The molecule has 2 N–H and O–H groups in total. The zero-order valence-corrected chi connectivity index (χ0v) is 12.3. The summed E-state index contributed by atoms with van der Waals surface area (Å²) in [6, 6.07) is 3.19. The summed E-state index contributed by atoms with van der Waals surface area (Å²) in [5.74, 6) is -1.93. The molecule has 18 heavy (non-hydrogen) atoms. The minimum Gasteiger partial charge on any atom is -0.693 e. The van der Waals surface area contributed by atoms with E-state index in [1.165, 1.54) is 16.6 Å². The Morgan fingerprint density at radius 2 is 1.78 bits per heavy atom. The van der Waals surface area contributed by atoms with Crippen LogP contribution in [0.15, 0.2) is 24.4 Å². The van der Waals surface area contributed by atoms with Gasteiger partial charge in [-0.3, -0.25) is 0 Å². The van der Waals surface area contributed by atoms with Crippen molar-refractivity contribution in [3.63, 3.8) is 0 Å². The van der Waals surface area contributed by atoms with E-state index < -0.39 is 17.9 Å². The SMILES string of the molecule is Fc1ccc(C2=CN2[S-])cc1OC(F)(F)F.[NH2-].[W+2]. The van der Waals surface area contributed by atoms with Crippen molar-refractivity contribution >= 4 is 18.5 Å². The van der Waals surface area contributed by atoms with E-state index in [1.807, 2.05) is 0 Å². The molecule has 0 saturated heterocycles. The predicted octanol–water partition coefficient (Wildman–Crippen LogP) is 3.51. The van der Waals surface area contributed by atoms with Gasteiger partial charge < -0.3 is 28.0 Å². The van der Waals surface area contributed by atoms with Gasteiger partial charge >= 0.3 is 27.4 Å². The van der Waals surface area contributed by atoms with Crippen LogP contribution in [0.5, 0.6) is 5.75 Å². The van der Waals surface area contributed by atoms with Crippen LogP contribution in [-0.4, -0.2) is 10.7 Å². The normalized spacial score (nSPS) is 13.2. The quantitative estimate of drug-likeness (QED) is 0.512. The predicted molar refractivity (Wildman–Crippen MR) is 55.5 cm³/mol. The molecule has 0 spiro atoms. The topological polar surface area (TPSA) is 45.7 Å². The number of nitrogens with zero attached hydrogens (tertiary/aromatic N) is 1. The van der Waals surface area contributed by atoms with E-state index in [9.17, 15) is 17.6 Å². The van der Waals surface area contributed by atoms with Crippen molar-refractivity contribution < 1.29 is 43.4 Å². The van der Waals surface area contributed by atoms with Gasteiger partial charge in [-0.05, 0) is 18.2 Å². The van der Waals surface area contributed by atoms with Crippen molar-refractivity contribution in [2.24, 2.45) is 0 Å². The number of alkyl halides is 3. The summed E-state index contributed by atoms with van der Waals surface area (Å²) in [6.07, 6.45) is -3.38. The summed E-state index contributed by atoms with van der Waals surface area (Å²) < 4.78 is 53.6. The van der Waals surface area contributed by atoms with Gasteiger partial charge in [-0.1, -0.05) is 0 Å². The third kappa shape index (κ3) is 4.19. The van der Waals surface area contributed by atoms with Crippen LogP contribution in [0.2, 0.25) is 0 Å². The molecule has 0 aliphatic carbocycles. The number of nitrogens with two attached hydrogens (primary N) is 1. The second-order valence-electron chi connectivity index (χ2n) is 3.03. The minimum atomic E-state index is -4.91. The molecule has 1 aromatic carbocycles. The Balaban J connectivity index is 0.00000144. The average Bonchev–Trinajstić information content (AvgIpc) is 2.84. The number of halogens is 4. The van der Waals surface area contributed by atoms with Crippen LogP contribution >= 0.6 is 0 Å². The molecule has 3 nitrogen and oxygen atoms in total. The Hall–Kier alpha value is -0.722. The van der Waals surface area contributed by atoms with Gasteiger partial charge in [-0.15, -0.1) is 13.2 Å². The molecule has 9 heteroatoms. The summed E-state index contributed by atoms with van der Waals surface area (Å²) in [5, 5.41) is 0. The summed E-state index contributed by atoms with van der Waals surface area (Å²) >= 11 is 4.70. The van der Waals surface area contributed by atoms with Gasteiger partial charge in [-0.25, -0.2) is 4.39 Å². The van der Waals surface area contributed by atoms with E-state index in [0.717, 1.165) is 12.1 Å². The Kier molecular flexibility index (Phi) is 5.71. The Morgan fingerprint density at radius 3 is 2.22 bits per heavy atom. The van der Waals surface area contributed by atoms with Crippen molar-refractivity contribution in [3.8, 4) is 5.75 Å². The van der Waals surface area contributed by atoms with Crippen LogP contribution in [-0.2, 0) is 33.9 Å². The summed E-state index contributed by atoms with van der Waals surface area (Å²) in [5.41, 5.74) is 0.942. The number of hydrogen-bond donors (Lipinski definition) is 0. The standard InChI is InChI=1S/C9H4F4NOS.H2N.W/c10-6-2-1-5(7-4-14(7)16)3-8(6)15-9(11,12)13;;/h1-4H;1H2;/q2*-1;+2. The van der Waals surface area contributed by atoms with E-state index in [4.69, 9.17) is 12.8 Å². The molecule has 0 atom stereocenters. The maximum atomic E-state index is 13.0. The first-order valence-electron chi connectivity index (χ1n) is 4.11. The molecular weight excluding hydrogens is 444 g/mol. The molecule has 2 rings (SSSR count). The monoisotopic (exact) mass is 450 g/mol. The van der Waals surface area contributed by atoms with Crippen LogP contribution in [0.4, 0.5) is 17.6 Å². The van der Waals surface area contributed by atoms with Gasteiger partial charge in [0.05, 0.1) is 0 Å². The van der Waals surface area contributed by atoms with Crippen molar-refractivity contribution in [3.05, 3.63) is 41.9 Å². The molecule has 0 fully saturated rings. The first-order chi connectivity index (χ1) is 7.37. The van der Waals surface area contributed by atoms with Crippen LogP contribution in [0.25, 0.3) is 11.8 Å². The Morgan fingerprint density at radius 1 is 1.22 bits per heavy atom. The second-order valence-corrected chi connectivity index (χ2v) is 3.43. The van der Waals surface area contributed by atoms with Gasteiger partial charge in [0.25, 0.3) is 0 Å². The van der Waals surface area contributed by atoms with E-state index >= 15 is 0 Å². The maximum Gasteiger partial charge on any atom is 2.00 e. The molecule has 0 bridgehead atoms. The van der Waals surface area contributed by atoms with Gasteiger partial charge in [0.15, 0.2) is 11.6 Å². The largest absolute Gasteiger partial charge is 2.00 e. The molecule has 0 radical (unpaired) electrons. The molecule has 1 heterocycles. The van der Waals surface area contributed by atoms with Crippen LogP contribution in [0, 0.1) is 5.82 Å². The zero-order chi connectivity index (χ0) is 11.9. The first kappa shape index (κ1) is 17.3. The molecule has 1 aliphatic rings.